The van der Waals surface area contributed by atoms with E-state index in [-0.39, 0.29) is 6.61 Å². The molecular weight excluding hydrogens is 176 g/mol. The van der Waals surface area contributed by atoms with Crippen molar-refractivity contribution in [1.82, 2.24) is 0 Å². The molecule has 0 atom stereocenters. The molecule has 0 unspecified atom stereocenters. The number of rotatable bonds is 4. The topological polar surface area (TPSA) is 43.4 Å². The Morgan fingerprint density at radius 1 is 1.58 bits per heavy atom. The molecule has 4 heteroatoms. The predicted octanol–water partition coefficient (Wildman–Crippen LogP) is 1.24. The smallest absolute Gasteiger partial charge is 0.264 e. The van der Waals surface area contributed by atoms with Gasteiger partial charge in [0.25, 0.3) is 10.1 Å². The van der Waals surface area contributed by atoms with Crippen molar-refractivity contribution >= 4 is 10.1 Å². The molecule has 0 aliphatic heterocycles. The second-order valence-corrected chi connectivity index (χ2v) is 4.38. The monoisotopic (exact) mass is 188 g/mol. The molecule has 1 rings (SSSR count). The van der Waals surface area contributed by atoms with E-state index in [4.69, 9.17) is 0 Å². The summed E-state index contributed by atoms with van der Waals surface area (Å²) in [5.74, 6) is 0. The van der Waals surface area contributed by atoms with Gasteiger partial charge in [-0.1, -0.05) is 23.8 Å². The highest BCUT2D eigenvalue weighted by Crippen LogP contribution is 2.14. The summed E-state index contributed by atoms with van der Waals surface area (Å²) < 4.78 is 25.7. The number of allylic oxidation sites excluding steroid dienone is 3. The van der Waals surface area contributed by atoms with E-state index in [9.17, 15) is 8.42 Å². The van der Waals surface area contributed by atoms with Gasteiger partial charge in [0.15, 0.2) is 0 Å². The second kappa shape index (κ2) is 3.87. The Hall–Kier alpha value is -0.610. The van der Waals surface area contributed by atoms with Crippen molar-refractivity contribution in [3.05, 3.63) is 23.8 Å². The van der Waals surface area contributed by atoms with E-state index < -0.39 is 10.1 Å². The van der Waals surface area contributed by atoms with Gasteiger partial charge in [-0.2, -0.15) is 8.42 Å². The summed E-state index contributed by atoms with van der Waals surface area (Å²) in [6.07, 6.45) is 8.68. The summed E-state index contributed by atoms with van der Waals surface area (Å²) >= 11 is 0. The Labute approximate surface area is 72.9 Å². The Morgan fingerprint density at radius 2 is 2.33 bits per heavy atom. The first-order valence-corrected chi connectivity index (χ1v) is 5.58. The van der Waals surface area contributed by atoms with Gasteiger partial charge in [-0.25, -0.2) is 0 Å². The lowest BCUT2D eigenvalue weighted by Crippen LogP contribution is -2.04. The van der Waals surface area contributed by atoms with Gasteiger partial charge in [0.05, 0.1) is 12.9 Å². The summed E-state index contributed by atoms with van der Waals surface area (Å²) in [6.45, 7) is 0.256. The summed E-state index contributed by atoms with van der Waals surface area (Å²) in [6, 6.07) is 0. The lowest BCUT2D eigenvalue weighted by molar-refractivity contribution is 0.325. The van der Waals surface area contributed by atoms with Gasteiger partial charge in [-0.15, -0.1) is 0 Å². The van der Waals surface area contributed by atoms with E-state index >= 15 is 0 Å². The molecule has 0 radical (unpaired) electrons. The van der Waals surface area contributed by atoms with Crippen LogP contribution >= 0.6 is 0 Å². The first-order chi connectivity index (χ1) is 5.58. The summed E-state index contributed by atoms with van der Waals surface area (Å²) in [7, 11) is -3.26. The molecule has 0 N–H and O–H groups in total. The third kappa shape index (κ3) is 3.69. The van der Waals surface area contributed by atoms with E-state index in [0.717, 1.165) is 12.7 Å². The van der Waals surface area contributed by atoms with Crippen molar-refractivity contribution in [3.63, 3.8) is 0 Å². The van der Waals surface area contributed by atoms with Crippen LogP contribution in [0.3, 0.4) is 0 Å². The molecule has 12 heavy (non-hydrogen) atoms. The summed E-state index contributed by atoms with van der Waals surface area (Å²) in [4.78, 5) is 0. The van der Waals surface area contributed by atoms with Crippen LogP contribution in [-0.4, -0.2) is 21.3 Å². The summed E-state index contributed by atoms with van der Waals surface area (Å²) in [5, 5.41) is 0. The average molecular weight is 188 g/mol. The quantitative estimate of drug-likeness (QED) is 0.623. The zero-order valence-electron chi connectivity index (χ0n) is 6.99. The minimum absolute atomic E-state index is 0.256. The molecule has 0 heterocycles. The van der Waals surface area contributed by atoms with Crippen LogP contribution in [0.4, 0.5) is 0 Å². The maximum absolute atomic E-state index is 10.5. The van der Waals surface area contributed by atoms with Crippen molar-refractivity contribution in [1.29, 1.82) is 0 Å². The minimum Gasteiger partial charge on any atom is -0.270 e. The molecule has 0 spiro atoms. The minimum atomic E-state index is -3.26. The highest BCUT2D eigenvalue weighted by Gasteiger charge is 2.03. The molecule has 0 saturated carbocycles. The Morgan fingerprint density at radius 3 is 2.83 bits per heavy atom. The van der Waals surface area contributed by atoms with Crippen LogP contribution in [0.15, 0.2) is 23.8 Å². The van der Waals surface area contributed by atoms with Crippen LogP contribution in [0, 0.1) is 0 Å². The molecule has 1 aliphatic carbocycles. The van der Waals surface area contributed by atoms with Gasteiger partial charge < -0.3 is 0 Å². The molecule has 0 saturated heterocycles. The second-order valence-electron chi connectivity index (χ2n) is 2.73. The molecule has 0 fully saturated rings. The Bertz CT molecular complexity index is 298. The van der Waals surface area contributed by atoms with Crippen molar-refractivity contribution in [3.8, 4) is 0 Å². The highest BCUT2D eigenvalue weighted by atomic mass is 32.2. The Balaban J connectivity index is 2.19. The molecular formula is C8H12O3S. The third-order valence-electron chi connectivity index (χ3n) is 1.57. The van der Waals surface area contributed by atoms with Crippen molar-refractivity contribution in [2.45, 2.75) is 12.8 Å². The first kappa shape index (κ1) is 9.48. The third-order valence-corrected chi connectivity index (χ3v) is 2.16. The van der Waals surface area contributed by atoms with E-state index in [1.54, 1.807) is 0 Å². The van der Waals surface area contributed by atoms with Gasteiger partial charge >= 0.3 is 0 Å². The van der Waals surface area contributed by atoms with E-state index in [0.29, 0.717) is 6.42 Å². The molecule has 0 bridgehead atoms. The number of hydrogen-bond donors (Lipinski definition) is 0. The van der Waals surface area contributed by atoms with Crippen LogP contribution in [0.5, 0.6) is 0 Å². The fourth-order valence-corrected chi connectivity index (χ4v) is 1.39. The Kier molecular flexibility index (Phi) is 3.05. The van der Waals surface area contributed by atoms with Crippen LogP contribution < -0.4 is 0 Å². The molecule has 3 nitrogen and oxygen atoms in total. The fourth-order valence-electron chi connectivity index (χ4n) is 1.00. The maximum atomic E-state index is 10.5. The highest BCUT2D eigenvalue weighted by molar-refractivity contribution is 7.85. The van der Waals surface area contributed by atoms with Crippen molar-refractivity contribution < 1.29 is 12.6 Å². The van der Waals surface area contributed by atoms with E-state index in [1.165, 1.54) is 5.57 Å². The zero-order valence-corrected chi connectivity index (χ0v) is 7.80. The molecule has 0 aromatic carbocycles. The van der Waals surface area contributed by atoms with Crippen LogP contribution in [0.2, 0.25) is 0 Å². The maximum Gasteiger partial charge on any atom is 0.264 e. The standard InChI is InChI=1S/C8H12O3S/c1-12(9,10)11-7-6-8-4-2-3-5-8/h2-4H,5-7H2,1H3. The van der Waals surface area contributed by atoms with Crippen LogP contribution in [0.1, 0.15) is 12.8 Å². The van der Waals surface area contributed by atoms with Gasteiger partial charge in [0.2, 0.25) is 0 Å². The molecule has 68 valence electrons. The van der Waals surface area contributed by atoms with Crippen molar-refractivity contribution in [2.75, 3.05) is 12.9 Å². The van der Waals surface area contributed by atoms with Gasteiger partial charge in [0.1, 0.15) is 0 Å². The zero-order chi connectivity index (χ0) is 9.03. The van der Waals surface area contributed by atoms with Crippen molar-refractivity contribution in [2.24, 2.45) is 0 Å². The first-order valence-electron chi connectivity index (χ1n) is 3.77. The van der Waals surface area contributed by atoms with Gasteiger partial charge in [0, 0.05) is 0 Å². The lowest BCUT2D eigenvalue weighted by atomic mass is 10.2. The lowest BCUT2D eigenvalue weighted by Gasteiger charge is -2.01. The van der Waals surface area contributed by atoms with E-state index in [2.05, 4.69) is 4.18 Å². The fraction of sp³-hybridized carbons (Fsp3) is 0.500. The normalized spacial score (nSPS) is 16.6. The average Bonchev–Trinajstić information content (AvgIpc) is 2.36. The van der Waals surface area contributed by atoms with Crippen LogP contribution in [0.25, 0.3) is 0 Å². The van der Waals surface area contributed by atoms with Gasteiger partial charge in [-0.3, -0.25) is 4.18 Å². The van der Waals surface area contributed by atoms with Crippen LogP contribution in [-0.2, 0) is 14.3 Å². The number of hydrogen-bond acceptors (Lipinski definition) is 3. The van der Waals surface area contributed by atoms with E-state index in [1.807, 2.05) is 18.2 Å². The largest absolute Gasteiger partial charge is 0.270 e. The molecule has 1 aliphatic rings. The van der Waals surface area contributed by atoms with Gasteiger partial charge in [-0.05, 0) is 12.8 Å². The molecule has 0 aromatic rings. The molecule has 0 amide bonds. The molecule has 0 aromatic heterocycles. The summed E-state index contributed by atoms with van der Waals surface area (Å²) in [5.41, 5.74) is 1.22. The predicted molar refractivity (Wildman–Crippen MR) is 47.3 cm³/mol. The SMILES string of the molecule is CS(=O)(=O)OCCC1=CC=CC1.